The van der Waals surface area contributed by atoms with Crippen molar-refractivity contribution in [2.75, 3.05) is 6.73 Å². The Balaban J connectivity index is 2.42. The molecule has 0 saturated carbocycles. The average Bonchev–Trinajstić information content (AvgIpc) is 2.29. The fraction of sp³-hybridized carbons (Fsp3) is 0.273. The zero-order valence-electron chi connectivity index (χ0n) is 8.74. The van der Waals surface area contributed by atoms with Gasteiger partial charge in [-0.25, -0.2) is 0 Å². The van der Waals surface area contributed by atoms with Crippen molar-refractivity contribution in [1.29, 1.82) is 5.26 Å². The summed E-state index contributed by atoms with van der Waals surface area (Å²) in [4.78, 5) is 11.5. The summed E-state index contributed by atoms with van der Waals surface area (Å²) in [7, 11) is 0. The SMILES string of the molecule is CC(C#N)OCNC(=O)c1ccc(Cl)cc1. The summed E-state index contributed by atoms with van der Waals surface area (Å²) in [6.45, 7) is 1.62. The highest BCUT2D eigenvalue weighted by Crippen LogP contribution is 2.09. The molecular weight excluding hydrogens is 228 g/mol. The Bertz CT molecular complexity index is 397. The second kappa shape index (κ2) is 6.11. The third kappa shape index (κ3) is 3.89. The number of carbonyl (C=O) groups is 1. The maximum absolute atomic E-state index is 11.5. The fourth-order valence-corrected chi connectivity index (χ4v) is 1.10. The third-order valence-electron chi connectivity index (χ3n) is 1.85. The number of hydrogen-bond acceptors (Lipinski definition) is 3. The Kier molecular flexibility index (Phi) is 4.77. The molecule has 1 unspecified atom stereocenters. The standard InChI is InChI=1S/C11H11ClN2O2/c1-8(6-13)16-7-14-11(15)9-2-4-10(12)5-3-9/h2-5,8H,7H2,1H3,(H,14,15). The van der Waals surface area contributed by atoms with Crippen LogP contribution in [0.2, 0.25) is 5.02 Å². The van der Waals surface area contributed by atoms with Crippen molar-refractivity contribution in [3.63, 3.8) is 0 Å². The number of ether oxygens (including phenoxy) is 1. The summed E-state index contributed by atoms with van der Waals surface area (Å²) >= 11 is 5.69. The van der Waals surface area contributed by atoms with E-state index in [2.05, 4.69) is 5.32 Å². The molecule has 0 fully saturated rings. The van der Waals surface area contributed by atoms with Crippen LogP contribution >= 0.6 is 11.6 Å². The van der Waals surface area contributed by atoms with Crippen LogP contribution in [-0.4, -0.2) is 18.7 Å². The number of carbonyl (C=O) groups excluding carboxylic acids is 1. The summed E-state index contributed by atoms with van der Waals surface area (Å²) in [5.74, 6) is -0.262. The van der Waals surface area contributed by atoms with Crippen molar-refractivity contribution in [3.05, 3.63) is 34.9 Å². The minimum Gasteiger partial charge on any atom is -0.343 e. The van der Waals surface area contributed by atoms with Gasteiger partial charge in [-0.15, -0.1) is 0 Å². The van der Waals surface area contributed by atoms with Gasteiger partial charge in [0.1, 0.15) is 12.8 Å². The molecule has 0 aliphatic rings. The van der Waals surface area contributed by atoms with Crippen LogP contribution in [0.1, 0.15) is 17.3 Å². The number of amides is 1. The van der Waals surface area contributed by atoms with Crippen LogP contribution in [0.3, 0.4) is 0 Å². The molecule has 84 valence electrons. The van der Waals surface area contributed by atoms with Crippen LogP contribution in [0.25, 0.3) is 0 Å². The molecule has 5 heteroatoms. The highest BCUT2D eigenvalue weighted by Gasteiger charge is 2.05. The molecule has 1 aromatic rings. The maximum atomic E-state index is 11.5. The maximum Gasteiger partial charge on any atom is 0.253 e. The minimum absolute atomic E-state index is 0.0101. The smallest absolute Gasteiger partial charge is 0.253 e. The Hall–Kier alpha value is -1.57. The fourth-order valence-electron chi connectivity index (χ4n) is 0.973. The number of hydrogen-bond donors (Lipinski definition) is 1. The zero-order valence-corrected chi connectivity index (χ0v) is 9.49. The van der Waals surface area contributed by atoms with E-state index in [0.717, 1.165) is 0 Å². The monoisotopic (exact) mass is 238 g/mol. The van der Waals surface area contributed by atoms with Crippen molar-refractivity contribution < 1.29 is 9.53 Å². The van der Waals surface area contributed by atoms with E-state index >= 15 is 0 Å². The molecule has 0 radical (unpaired) electrons. The van der Waals surface area contributed by atoms with Crippen LogP contribution in [0.4, 0.5) is 0 Å². The summed E-state index contributed by atoms with van der Waals surface area (Å²) in [6.07, 6.45) is -0.537. The Morgan fingerprint density at radius 2 is 2.19 bits per heavy atom. The molecular formula is C11H11ClN2O2. The van der Waals surface area contributed by atoms with Crippen molar-refractivity contribution in [2.24, 2.45) is 0 Å². The quantitative estimate of drug-likeness (QED) is 0.816. The number of rotatable bonds is 4. The van der Waals surface area contributed by atoms with E-state index in [1.807, 2.05) is 6.07 Å². The van der Waals surface area contributed by atoms with E-state index in [9.17, 15) is 4.79 Å². The summed E-state index contributed by atoms with van der Waals surface area (Å²) in [6, 6.07) is 8.40. The average molecular weight is 239 g/mol. The molecule has 4 nitrogen and oxygen atoms in total. The molecule has 0 spiro atoms. The van der Waals surface area contributed by atoms with E-state index in [1.54, 1.807) is 31.2 Å². The Morgan fingerprint density at radius 3 is 2.75 bits per heavy atom. The van der Waals surface area contributed by atoms with E-state index in [4.69, 9.17) is 21.6 Å². The first kappa shape index (κ1) is 12.5. The van der Waals surface area contributed by atoms with Gasteiger partial charge >= 0.3 is 0 Å². The van der Waals surface area contributed by atoms with Gasteiger partial charge in [-0.3, -0.25) is 4.79 Å². The molecule has 1 N–H and O–H groups in total. The number of benzene rings is 1. The van der Waals surface area contributed by atoms with Gasteiger partial charge in [0, 0.05) is 10.6 Å². The molecule has 0 aliphatic heterocycles. The lowest BCUT2D eigenvalue weighted by Gasteiger charge is -2.07. The molecule has 0 aliphatic carbocycles. The topological polar surface area (TPSA) is 62.1 Å². The van der Waals surface area contributed by atoms with Crippen molar-refractivity contribution in [2.45, 2.75) is 13.0 Å². The lowest BCUT2D eigenvalue weighted by Crippen LogP contribution is -2.27. The molecule has 16 heavy (non-hydrogen) atoms. The Morgan fingerprint density at radius 1 is 1.56 bits per heavy atom. The predicted octanol–water partition coefficient (Wildman–Crippen LogP) is 1.96. The van der Waals surface area contributed by atoms with Crippen molar-refractivity contribution in [1.82, 2.24) is 5.32 Å². The molecule has 0 aromatic heterocycles. The normalized spacial score (nSPS) is 11.6. The summed E-state index contributed by atoms with van der Waals surface area (Å²) in [5, 5.41) is 11.5. The molecule has 0 saturated heterocycles. The summed E-state index contributed by atoms with van der Waals surface area (Å²) in [5.41, 5.74) is 0.498. The van der Waals surface area contributed by atoms with E-state index in [1.165, 1.54) is 0 Å². The van der Waals surface area contributed by atoms with E-state index in [0.29, 0.717) is 10.6 Å². The first-order chi connectivity index (χ1) is 7.63. The number of nitrogens with zero attached hydrogens (tertiary/aromatic N) is 1. The molecule has 0 bridgehead atoms. The number of nitriles is 1. The largest absolute Gasteiger partial charge is 0.343 e. The lowest BCUT2D eigenvalue weighted by molar-refractivity contribution is 0.0685. The predicted molar refractivity (Wildman–Crippen MR) is 59.9 cm³/mol. The van der Waals surface area contributed by atoms with Gasteiger partial charge in [0.25, 0.3) is 5.91 Å². The van der Waals surface area contributed by atoms with Crippen LogP contribution in [0.15, 0.2) is 24.3 Å². The van der Waals surface area contributed by atoms with Crippen molar-refractivity contribution >= 4 is 17.5 Å². The van der Waals surface area contributed by atoms with Crippen LogP contribution in [0.5, 0.6) is 0 Å². The lowest BCUT2D eigenvalue weighted by atomic mass is 10.2. The van der Waals surface area contributed by atoms with Gasteiger partial charge in [-0.2, -0.15) is 5.26 Å². The van der Waals surface area contributed by atoms with Crippen LogP contribution < -0.4 is 5.32 Å². The van der Waals surface area contributed by atoms with Gasteiger partial charge in [0.2, 0.25) is 0 Å². The molecule has 1 atom stereocenters. The van der Waals surface area contributed by atoms with Gasteiger partial charge in [-0.05, 0) is 31.2 Å². The van der Waals surface area contributed by atoms with E-state index in [-0.39, 0.29) is 12.6 Å². The minimum atomic E-state index is -0.537. The van der Waals surface area contributed by atoms with Gasteiger partial charge in [-0.1, -0.05) is 11.6 Å². The van der Waals surface area contributed by atoms with Crippen molar-refractivity contribution in [3.8, 4) is 6.07 Å². The first-order valence-electron chi connectivity index (χ1n) is 4.68. The van der Waals surface area contributed by atoms with Crippen LogP contribution in [-0.2, 0) is 4.74 Å². The number of halogens is 1. The van der Waals surface area contributed by atoms with E-state index < -0.39 is 6.10 Å². The van der Waals surface area contributed by atoms with Gasteiger partial charge < -0.3 is 10.1 Å². The zero-order chi connectivity index (χ0) is 12.0. The first-order valence-corrected chi connectivity index (χ1v) is 5.06. The second-order valence-corrected chi connectivity index (χ2v) is 3.53. The molecule has 1 rings (SSSR count). The Labute approximate surface area is 98.8 Å². The summed E-state index contributed by atoms with van der Waals surface area (Å²) < 4.78 is 4.99. The van der Waals surface area contributed by atoms with Gasteiger partial charge in [0.05, 0.1) is 6.07 Å². The second-order valence-electron chi connectivity index (χ2n) is 3.10. The number of nitrogens with one attached hydrogen (secondary N) is 1. The third-order valence-corrected chi connectivity index (χ3v) is 2.11. The molecule has 1 aromatic carbocycles. The van der Waals surface area contributed by atoms with Crippen LogP contribution in [0, 0.1) is 11.3 Å². The van der Waals surface area contributed by atoms with Gasteiger partial charge in [0.15, 0.2) is 0 Å². The molecule has 1 amide bonds. The highest BCUT2D eigenvalue weighted by atomic mass is 35.5. The highest BCUT2D eigenvalue weighted by molar-refractivity contribution is 6.30. The molecule has 0 heterocycles.